The van der Waals surface area contributed by atoms with E-state index in [1.54, 1.807) is 31.2 Å². The summed E-state index contributed by atoms with van der Waals surface area (Å²) in [5.41, 5.74) is -0.0828. The Morgan fingerprint density at radius 2 is 1.74 bits per heavy atom. The van der Waals surface area contributed by atoms with Crippen molar-refractivity contribution in [2.24, 2.45) is 17.8 Å². The number of esters is 1. The smallest absolute Gasteiger partial charge is 0.344 e. The molecule has 4 aliphatic carbocycles. The number of nitrogens with one attached hydrogen (secondary N) is 1. The molecule has 0 aromatic heterocycles. The molecular formula is C21H26ClNO4. The zero-order valence-electron chi connectivity index (χ0n) is 15.6. The van der Waals surface area contributed by atoms with E-state index in [1.807, 2.05) is 0 Å². The predicted octanol–water partition coefficient (Wildman–Crippen LogP) is 3.74. The first-order valence-electron chi connectivity index (χ1n) is 9.81. The molecule has 6 heteroatoms. The van der Waals surface area contributed by atoms with Crippen LogP contribution in [0.5, 0.6) is 5.75 Å². The lowest BCUT2D eigenvalue weighted by Crippen LogP contribution is -2.61. The van der Waals surface area contributed by atoms with Crippen LogP contribution < -0.4 is 10.1 Å². The molecule has 1 amide bonds. The molecule has 146 valence electrons. The molecule has 0 saturated heterocycles. The zero-order chi connectivity index (χ0) is 19.0. The number of hydrogen-bond acceptors (Lipinski definition) is 4. The number of rotatable bonds is 6. The van der Waals surface area contributed by atoms with E-state index >= 15 is 0 Å². The van der Waals surface area contributed by atoms with Crippen LogP contribution in [0.15, 0.2) is 24.3 Å². The predicted molar refractivity (Wildman–Crippen MR) is 102 cm³/mol. The first-order chi connectivity index (χ1) is 12.9. The van der Waals surface area contributed by atoms with Crippen LogP contribution in [0.1, 0.15) is 45.4 Å². The Balaban J connectivity index is 1.28. The molecule has 1 atom stereocenters. The summed E-state index contributed by atoms with van der Waals surface area (Å²) in [6, 6.07) is 6.92. The minimum absolute atomic E-state index is 0.0828. The van der Waals surface area contributed by atoms with Crippen LogP contribution in [0.3, 0.4) is 0 Å². The largest absolute Gasteiger partial charge is 0.480 e. The van der Waals surface area contributed by atoms with Crippen molar-refractivity contribution in [2.45, 2.75) is 57.1 Å². The Morgan fingerprint density at radius 1 is 1.15 bits per heavy atom. The van der Waals surface area contributed by atoms with Crippen molar-refractivity contribution in [3.05, 3.63) is 29.3 Å². The van der Waals surface area contributed by atoms with Crippen LogP contribution in [0, 0.1) is 17.8 Å². The average molecular weight is 392 g/mol. The fourth-order valence-electron chi connectivity index (χ4n) is 5.61. The van der Waals surface area contributed by atoms with E-state index < -0.39 is 12.1 Å². The summed E-state index contributed by atoms with van der Waals surface area (Å²) in [6.07, 6.45) is 6.33. The highest BCUT2D eigenvalue weighted by Gasteiger charge is 2.51. The Labute approximate surface area is 164 Å². The highest BCUT2D eigenvalue weighted by molar-refractivity contribution is 6.32. The Hall–Kier alpha value is -1.75. The molecule has 1 aromatic carbocycles. The first-order valence-corrected chi connectivity index (χ1v) is 10.2. The van der Waals surface area contributed by atoms with E-state index in [1.165, 1.54) is 19.3 Å². The third kappa shape index (κ3) is 4.08. The molecule has 4 fully saturated rings. The maximum Gasteiger partial charge on any atom is 0.344 e. The molecular weight excluding hydrogens is 366 g/mol. The molecule has 27 heavy (non-hydrogen) atoms. The monoisotopic (exact) mass is 391 g/mol. The number of ether oxygens (including phenoxy) is 2. The second-order valence-corrected chi connectivity index (χ2v) is 8.95. The quantitative estimate of drug-likeness (QED) is 0.750. The first kappa shape index (κ1) is 18.6. The van der Waals surface area contributed by atoms with Gasteiger partial charge in [0.05, 0.1) is 5.02 Å². The summed E-state index contributed by atoms with van der Waals surface area (Å²) < 4.78 is 10.6. The average Bonchev–Trinajstić information content (AvgIpc) is 2.59. The zero-order valence-corrected chi connectivity index (χ0v) is 16.3. The van der Waals surface area contributed by atoms with Gasteiger partial charge in [0.2, 0.25) is 0 Å². The van der Waals surface area contributed by atoms with E-state index in [0.717, 1.165) is 37.0 Å². The van der Waals surface area contributed by atoms with Gasteiger partial charge in [0.1, 0.15) is 5.75 Å². The van der Waals surface area contributed by atoms with E-state index in [2.05, 4.69) is 5.32 Å². The van der Waals surface area contributed by atoms with Crippen LogP contribution in [0.4, 0.5) is 0 Å². The molecule has 4 saturated carbocycles. The number of para-hydroxylation sites is 1. The lowest BCUT2D eigenvalue weighted by Gasteiger charge is -2.57. The minimum Gasteiger partial charge on any atom is -0.480 e. The topological polar surface area (TPSA) is 64.6 Å². The molecule has 1 aromatic rings. The normalized spacial score (nSPS) is 32.0. The third-order valence-electron chi connectivity index (χ3n) is 6.29. The van der Waals surface area contributed by atoms with Gasteiger partial charge in [-0.2, -0.15) is 0 Å². The summed E-state index contributed by atoms with van der Waals surface area (Å²) in [5, 5.41) is 3.66. The summed E-state index contributed by atoms with van der Waals surface area (Å²) in [5.74, 6) is 1.88. The van der Waals surface area contributed by atoms with Gasteiger partial charge in [-0.3, -0.25) is 4.79 Å². The molecule has 0 aliphatic heterocycles. The molecule has 4 bridgehead atoms. The summed E-state index contributed by atoms with van der Waals surface area (Å²) in [7, 11) is 0. The molecule has 0 heterocycles. The summed E-state index contributed by atoms with van der Waals surface area (Å²) >= 11 is 5.99. The molecule has 0 unspecified atom stereocenters. The van der Waals surface area contributed by atoms with Crippen molar-refractivity contribution in [1.29, 1.82) is 0 Å². The van der Waals surface area contributed by atoms with Gasteiger partial charge >= 0.3 is 5.97 Å². The summed E-state index contributed by atoms with van der Waals surface area (Å²) in [4.78, 5) is 24.7. The SMILES string of the molecule is C[C@@H](OC(=O)COc1ccccc1Cl)C(=O)NC12CC3CC(CC(C3)C1)C2. The van der Waals surface area contributed by atoms with Crippen LogP contribution in [-0.2, 0) is 14.3 Å². The Kier molecular flexibility index (Phi) is 5.06. The number of hydrogen-bond donors (Lipinski definition) is 1. The molecule has 0 spiro atoms. The molecule has 5 nitrogen and oxygen atoms in total. The fraction of sp³-hybridized carbons (Fsp3) is 0.619. The van der Waals surface area contributed by atoms with Crippen molar-refractivity contribution >= 4 is 23.5 Å². The van der Waals surface area contributed by atoms with Gasteiger partial charge in [0.25, 0.3) is 5.91 Å². The van der Waals surface area contributed by atoms with Gasteiger partial charge in [-0.25, -0.2) is 4.79 Å². The van der Waals surface area contributed by atoms with E-state index in [4.69, 9.17) is 21.1 Å². The van der Waals surface area contributed by atoms with E-state index in [0.29, 0.717) is 10.8 Å². The second-order valence-electron chi connectivity index (χ2n) is 8.54. The maximum absolute atomic E-state index is 12.6. The third-order valence-corrected chi connectivity index (χ3v) is 6.60. The minimum atomic E-state index is -0.833. The van der Waals surface area contributed by atoms with Crippen LogP contribution in [0.25, 0.3) is 0 Å². The maximum atomic E-state index is 12.6. The Bertz CT molecular complexity index is 699. The van der Waals surface area contributed by atoms with Crippen LogP contribution in [-0.4, -0.2) is 30.1 Å². The lowest BCUT2D eigenvalue weighted by atomic mass is 9.53. The van der Waals surface area contributed by atoms with Crippen molar-refractivity contribution in [2.75, 3.05) is 6.61 Å². The van der Waals surface area contributed by atoms with Gasteiger partial charge in [-0.15, -0.1) is 0 Å². The number of carbonyl (C=O) groups is 2. The van der Waals surface area contributed by atoms with Crippen LogP contribution in [0.2, 0.25) is 5.02 Å². The van der Waals surface area contributed by atoms with Gasteiger partial charge in [0.15, 0.2) is 12.7 Å². The second kappa shape index (κ2) is 7.34. The molecule has 0 radical (unpaired) electrons. The van der Waals surface area contributed by atoms with Gasteiger partial charge < -0.3 is 14.8 Å². The van der Waals surface area contributed by atoms with Gasteiger partial charge in [0, 0.05) is 5.54 Å². The highest BCUT2D eigenvalue weighted by atomic mass is 35.5. The number of halogens is 1. The number of amides is 1. The standard InChI is InChI=1S/C21H26ClNO4/c1-13(27-19(24)12-26-18-5-3-2-4-17(18)22)20(25)23-21-9-14-6-15(10-21)8-16(7-14)11-21/h2-5,13-16H,6-12H2,1H3,(H,23,25)/t13-,14?,15?,16?,21?/m1/s1. The van der Waals surface area contributed by atoms with Crippen molar-refractivity contribution < 1.29 is 19.1 Å². The lowest BCUT2D eigenvalue weighted by molar-refractivity contribution is -0.158. The van der Waals surface area contributed by atoms with Gasteiger partial charge in [-0.05, 0) is 75.3 Å². The van der Waals surface area contributed by atoms with Crippen molar-refractivity contribution in [3.63, 3.8) is 0 Å². The Morgan fingerprint density at radius 3 is 2.33 bits per heavy atom. The van der Waals surface area contributed by atoms with E-state index in [9.17, 15) is 9.59 Å². The van der Waals surface area contributed by atoms with Crippen molar-refractivity contribution in [3.8, 4) is 5.75 Å². The van der Waals surface area contributed by atoms with Gasteiger partial charge in [-0.1, -0.05) is 23.7 Å². The van der Waals surface area contributed by atoms with E-state index in [-0.39, 0.29) is 18.1 Å². The molecule has 1 N–H and O–H groups in total. The number of carbonyl (C=O) groups excluding carboxylic acids is 2. The van der Waals surface area contributed by atoms with Crippen LogP contribution >= 0.6 is 11.6 Å². The number of benzene rings is 1. The summed E-state index contributed by atoms with van der Waals surface area (Å²) in [6.45, 7) is 1.34. The highest BCUT2D eigenvalue weighted by Crippen LogP contribution is 2.55. The van der Waals surface area contributed by atoms with Crippen molar-refractivity contribution in [1.82, 2.24) is 5.32 Å². The fourth-order valence-corrected chi connectivity index (χ4v) is 5.80. The molecule has 5 rings (SSSR count). The molecule has 4 aliphatic rings.